The number of carbonyl (C=O) groups excluding carboxylic acids is 1. The molecule has 0 aliphatic rings. The van der Waals surface area contributed by atoms with Crippen LogP contribution in [0.5, 0.6) is 0 Å². The number of amides is 1. The Kier molecular flexibility index (Phi) is 6.57. The second-order valence-electron chi connectivity index (χ2n) is 6.38. The van der Waals surface area contributed by atoms with Gasteiger partial charge in [0.15, 0.2) is 6.04 Å². The van der Waals surface area contributed by atoms with Gasteiger partial charge in [0.05, 0.1) is 12.7 Å². The summed E-state index contributed by atoms with van der Waals surface area (Å²) in [5, 5.41) is 9.43. The van der Waals surface area contributed by atoms with E-state index in [0.717, 1.165) is 10.5 Å². The summed E-state index contributed by atoms with van der Waals surface area (Å²) in [4.78, 5) is 24.7. The van der Waals surface area contributed by atoms with E-state index >= 15 is 0 Å². The first kappa shape index (κ1) is 19.0. The Morgan fingerprint density at radius 1 is 1.22 bits per heavy atom. The molecule has 1 amide bonds. The third kappa shape index (κ3) is 6.28. The van der Waals surface area contributed by atoms with Crippen molar-refractivity contribution in [2.75, 3.05) is 7.05 Å². The third-order valence-electron chi connectivity index (χ3n) is 3.15. The number of hydrogen-bond acceptors (Lipinski definition) is 4. The second kappa shape index (κ2) is 7.97. The molecule has 0 bridgehead atoms. The van der Waals surface area contributed by atoms with Crippen LogP contribution < -0.4 is 0 Å². The molecule has 0 saturated heterocycles. The van der Waals surface area contributed by atoms with Gasteiger partial charge in [-0.1, -0.05) is 30.3 Å². The Morgan fingerprint density at radius 3 is 2.26 bits per heavy atom. The Labute approximate surface area is 137 Å². The highest BCUT2D eigenvalue weighted by Gasteiger charge is 2.34. The van der Waals surface area contributed by atoms with Gasteiger partial charge in [-0.25, -0.2) is 9.59 Å². The van der Waals surface area contributed by atoms with Crippen LogP contribution in [0.3, 0.4) is 0 Å². The molecule has 6 nitrogen and oxygen atoms in total. The fraction of sp³-hybridized carbons (Fsp3) is 0.529. The first-order chi connectivity index (χ1) is 10.6. The number of hydrogen-bond donors (Lipinski definition) is 1. The van der Waals surface area contributed by atoms with Crippen LogP contribution in [0.15, 0.2) is 30.3 Å². The molecule has 0 aliphatic carbocycles. The van der Waals surface area contributed by atoms with Crippen molar-refractivity contribution in [2.45, 2.75) is 52.0 Å². The van der Waals surface area contributed by atoms with Gasteiger partial charge in [0.2, 0.25) is 0 Å². The van der Waals surface area contributed by atoms with Crippen LogP contribution in [-0.2, 0) is 20.9 Å². The summed E-state index contributed by atoms with van der Waals surface area (Å²) in [6.07, 6.45) is -1.38. The highest BCUT2D eigenvalue weighted by molar-refractivity contribution is 5.80. The number of carbonyl (C=O) groups is 2. The molecular weight excluding hydrogens is 298 g/mol. The van der Waals surface area contributed by atoms with Gasteiger partial charge in [0, 0.05) is 7.05 Å². The molecule has 1 N–H and O–H groups in total. The monoisotopic (exact) mass is 323 g/mol. The van der Waals surface area contributed by atoms with Crippen molar-refractivity contribution >= 4 is 12.1 Å². The first-order valence-electron chi connectivity index (χ1n) is 7.46. The van der Waals surface area contributed by atoms with E-state index in [-0.39, 0.29) is 6.61 Å². The molecular formula is C17H25NO5. The predicted molar refractivity (Wildman–Crippen MR) is 86.1 cm³/mol. The van der Waals surface area contributed by atoms with Crippen molar-refractivity contribution in [3.8, 4) is 0 Å². The lowest BCUT2D eigenvalue weighted by atomic mass is 10.1. The zero-order valence-corrected chi connectivity index (χ0v) is 14.3. The van der Waals surface area contributed by atoms with Gasteiger partial charge < -0.3 is 14.6 Å². The van der Waals surface area contributed by atoms with Gasteiger partial charge in [-0.2, -0.15) is 0 Å². The lowest BCUT2D eigenvalue weighted by Gasteiger charge is -2.31. The molecule has 0 saturated carbocycles. The van der Waals surface area contributed by atoms with Gasteiger partial charge >= 0.3 is 12.1 Å². The third-order valence-corrected chi connectivity index (χ3v) is 3.15. The minimum absolute atomic E-state index is 0.272. The summed E-state index contributed by atoms with van der Waals surface area (Å²) in [5.74, 6) is -1.14. The Bertz CT molecular complexity index is 524. The molecule has 0 unspecified atom stereocenters. The number of benzene rings is 1. The van der Waals surface area contributed by atoms with Gasteiger partial charge in [0.1, 0.15) is 5.60 Å². The largest absolute Gasteiger partial charge is 0.480 e. The van der Waals surface area contributed by atoms with E-state index in [9.17, 15) is 14.7 Å². The van der Waals surface area contributed by atoms with E-state index < -0.39 is 29.8 Å². The van der Waals surface area contributed by atoms with E-state index in [2.05, 4.69) is 0 Å². The SMILES string of the molecule is C[C@@H](OCc1ccccc1)[C@@H](C(=O)O)N(C)C(=O)OC(C)(C)C. The molecule has 0 aliphatic heterocycles. The number of carboxylic acid groups (broad SMARTS) is 1. The molecule has 23 heavy (non-hydrogen) atoms. The lowest BCUT2D eigenvalue weighted by Crippen LogP contribution is -2.50. The van der Waals surface area contributed by atoms with Gasteiger partial charge in [-0.05, 0) is 33.3 Å². The fourth-order valence-electron chi connectivity index (χ4n) is 2.02. The van der Waals surface area contributed by atoms with Crippen molar-refractivity contribution < 1.29 is 24.2 Å². The van der Waals surface area contributed by atoms with Crippen LogP contribution in [0.2, 0.25) is 0 Å². The summed E-state index contributed by atoms with van der Waals surface area (Å²) in [6.45, 7) is 7.08. The highest BCUT2D eigenvalue weighted by atomic mass is 16.6. The molecule has 0 heterocycles. The molecule has 0 spiro atoms. The lowest BCUT2D eigenvalue weighted by molar-refractivity contribution is -0.148. The van der Waals surface area contributed by atoms with Gasteiger partial charge in [0.25, 0.3) is 0 Å². The smallest absolute Gasteiger partial charge is 0.410 e. The number of rotatable bonds is 6. The zero-order valence-electron chi connectivity index (χ0n) is 14.3. The average molecular weight is 323 g/mol. The molecule has 0 fully saturated rings. The molecule has 0 radical (unpaired) electrons. The summed E-state index contributed by atoms with van der Waals surface area (Å²) >= 11 is 0. The number of ether oxygens (including phenoxy) is 2. The van der Waals surface area contributed by atoms with E-state index in [1.807, 2.05) is 30.3 Å². The molecule has 128 valence electrons. The van der Waals surface area contributed by atoms with Gasteiger partial charge in [-0.3, -0.25) is 4.90 Å². The van der Waals surface area contributed by atoms with Crippen molar-refractivity contribution in [2.24, 2.45) is 0 Å². The Morgan fingerprint density at radius 2 is 1.78 bits per heavy atom. The Hall–Kier alpha value is -2.08. The summed E-state index contributed by atoms with van der Waals surface area (Å²) in [6, 6.07) is 8.30. The second-order valence-corrected chi connectivity index (χ2v) is 6.38. The van der Waals surface area contributed by atoms with Crippen LogP contribution in [0, 0.1) is 0 Å². The van der Waals surface area contributed by atoms with E-state index in [1.54, 1.807) is 27.7 Å². The van der Waals surface area contributed by atoms with Gasteiger partial charge in [-0.15, -0.1) is 0 Å². The van der Waals surface area contributed by atoms with Crippen LogP contribution in [0.4, 0.5) is 4.79 Å². The normalized spacial score (nSPS) is 14.0. The molecule has 1 aromatic rings. The van der Waals surface area contributed by atoms with Crippen LogP contribution in [0.25, 0.3) is 0 Å². The highest BCUT2D eigenvalue weighted by Crippen LogP contribution is 2.15. The van der Waals surface area contributed by atoms with Crippen LogP contribution >= 0.6 is 0 Å². The topological polar surface area (TPSA) is 76.1 Å². The fourth-order valence-corrected chi connectivity index (χ4v) is 2.02. The standard InChI is InChI=1S/C17H25NO5/c1-12(22-11-13-9-7-6-8-10-13)14(15(19)20)18(5)16(21)23-17(2,3)4/h6-10,12,14H,11H2,1-5H3,(H,19,20)/t12-,14+/m1/s1. The van der Waals surface area contributed by atoms with Crippen molar-refractivity contribution in [1.82, 2.24) is 4.90 Å². The molecule has 2 atom stereocenters. The maximum absolute atomic E-state index is 12.1. The number of aliphatic carboxylic acids is 1. The number of nitrogens with zero attached hydrogens (tertiary/aromatic N) is 1. The molecule has 1 aromatic carbocycles. The van der Waals surface area contributed by atoms with E-state index in [4.69, 9.17) is 9.47 Å². The minimum atomic E-state index is -1.14. The maximum atomic E-state index is 12.1. The first-order valence-corrected chi connectivity index (χ1v) is 7.46. The average Bonchev–Trinajstić information content (AvgIpc) is 2.44. The van der Waals surface area contributed by atoms with E-state index in [0.29, 0.717) is 0 Å². The minimum Gasteiger partial charge on any atom is -0.480 e. The van der Waals surface area contributed by atoms with Crippen LogP contribution in [0.1, 0.15) is 33.3 Å². The zero-order chi connectivity index (χ0) is 17.6. The summed E-state index contributed by atoms with van der Waals surface area (Å²) < 4.78 is 10.8. The number of carboxylic acids is 1. The predicted octanol–water partition coefficient (Wildman–Crippen LogP) is 2.91. The number of likely N-dealkylation sites (N-methyl/N-ethyl adjacent to an activating group) is 1. The van der Waals surface area contributed by atoms with Crippen molar-refractivity contribution in [1.29, 1.82) is 0 Å². The quantitative estimate of drug-likeness (QED) is 0.871. The van der Waals surface area contributed by atoms with Crippen LogP contribution in [-0.4, -0.2) is 46.9 Å². The molecule has 1 rings (SSSR count). The molecule has 6 heteroatoms. The maximum Gasteiger partial charge on any atom is 0.410 e. The van der Waals surface area contributed by atoms with E-state index in [1.165, 1.54) is 7.05 Å². The van der Waals surface area contributed by atoms with Crippen molar-refractivity contribution in [3.05, 3.63) is 35.9 Å². The summed E-state index contributed by atoms with van der Waals surface area (Å²) in [5.41, 5.74) is 0.242. The molecule has 0 aromatic heterocycles. The summed E-state index contributed by atoms with van der Waals surface area (Å²) in [7, 11) is 1.40. The Balaban J connectivity index is 2.72. The van der Waals surface area contributed by atoms with Crippen molar-refractivity contribution in [3.63, 3.8) is 0 Å².